The van der Waals surface area contributed by atoms with Gasteiger partial charge in [0.05, 0.1) is 11.0 Å². The Morgan fingerprint density at radius 2 is 1.79 bits per heavy atom. The number of hydrogen-bond acceptors (Lipinski definition) is 5. The fourth-order valence-electron chi connectivity index (χ4n) is 3.80. The number of hydrogen-bond donors (Lipinski definition) is 2. The molecular formula is C25H32IN7O. The Balaban J connectivity index is 0.00000324. The van der Waals surface area contributed by atoms with E-state index in [4.69, 9.17) is 4.52 Å². The van der Waals surface area contributed by atoms with Gasteiger partial charge in [0, 0.05) is 38.7 Å². The number of para-hydroxylation sites is 2. The average Bonchev–Trinajstić information content (AvgIpc) is 3.45. The van der Waals surface area contributed by atoms with Crippen molar-refractivity contribution in [3.05, 3.63) is 65.7 Å². The van der Waals surface area contributed by atoms with E-state index >= 15 is 0 Å². The van der Waals surface area contributed by atoms with Gasteiger partial charge in [-0.15, -0.1) is 24.0 Å². The highest BCUT2D eigenvalue weighted by Gasteiger charge is 2.08. The molecule has 0 aliphatic carbocycles. The second-order valence-corrected chi connectivity index (χ2v) is 7.89. The van der Waals surface area contributed by atoms with Gasteiger partial charge in [-0.05, 0) is 49.6 Å². The van der Waals surface area contributed by atoms with Crippen LogP contribution in [0.2, 0.25) is 0 Å². The molecule has 0 saturated heterocycles. The third-order valence-corrected chi connectivity index (χ3v) is 5.61. The lowest BCUT2D eigenvalue weighted by Gasteiger charge is -2.13. The topological polar surface area (TPSA) is 93.2 Å². The van der Waals surface area contributed by atoms with Gasteiger partial charge in [-0.1, -0.05) is 36.3 Å². The summed E-state index contributed by atoms with van der Waals surface area (Å²) in [5, 5.41) is 10.7. The van der Waals surface area contributed by atoms with Crippen molar-refractivity contribution in [2.24, 2.45) is 4.99 Å². The minimum Gasteiger partial charge on any atom is -0.356 e. The lowest BCUT2D eigenvalue weighted by molar-refractivity contribution is 0.423. The highest BCUT2D eigenvalue weighted by atomic mass is 127. The molecule has 2 N–H and O–H groups in total. The van der Waals surface area contributed by atoms with Crippen molar-refractivity contribution >= 4 is 41.0 Å². The maximum atomic E-state index is 5.30. The molecule has 8 nitrogen and oxygen atoms in total. The van der Waals surface area contributed by atoms with Crippen LogP contribution >= 0.6 is 24.0 Å². The van der Waals surface area contributed by atoms with Crippen LogP contribution in [0.5, 0.6) is 0 Å². The van der Waals surface area contributed by atoms with Crippen LogP contribution in [0.4, 0.5) is 0 Å². The third-order valence-electron chi connectivity index (χ3n) is 5.61. The minimum absolute atomic E-state index is 0. The van der Waals surface area contributed by atoms with E-state index in [1.54, 1.807) is 7.05 Å². The average molecular weight is 573 g/mol. The number of fused-ring (bicyclic) bond motifs is 1. The van der Waals surface area contributed by atoms with Crippen LogP contribution in [-0.2, 0) is 19.4 Å². The number of aryl methyl sites for hydroxylation is 3. The number of nitrogens with zero attached hydrogens (tertiary/aromatic N) is 5. The highest BCUT2D eigenvalue weighted by molar-refractivity contribution is 14.0. The van der Waals surface area contributed by atoms with E-state index in [9.17, 15) is 0 Å². The Morgan fingerprint density at radius 3 is 2.53 bits per heavy atom. The molecule has 2 aromatic carbocycles. The van der Waals surface area contributed by atoms with E-state index in [1.165, 1.54) is 11.1 Å². The lowest BCUT2D eigenvalue weighted by Crippen LogP contribution is -2.39. The smallest absolute Gasteiger partial charge is 0.257 e. The third kappa shape index (κ3) is 6.34. The zero-order valence-electron chi connectivity index (χ0n) is 19.9. The van der Waals surface area contributed by atoms with Crippen molar-refractivity contribution in [3.8, 4) is 11.5 Å². The van der Waals surface area contributed by atoms with Crippen LogP contribution in [0.1, 0.15) is 30.6 Å². The number of halogens is 1. The van der Waals surface area contributed by atoms with Gasteiger partial charge in [0.2, 0.25) is 0 Å². The van der Waals surface area contributed by atoms with Crippen LogP contribution in [-0.4, -0.2) is 45.8 Å². The molecule has 0 atom stereocenters. The van der Waals surface area contributed by atoms with Gasteiger partial charge in [-0.2, -0.15) is 4.98 Å². The van der Waals surface area contributed by atoms with E-state index in [-0.39, 0.29) is 24.0 Å². The molecule has 0 radical (unpaired) electrons. The molecule has 2 heterocycles. The zero-order chi connectivity index (χ0) is 23.0. The summed E-state index contributed by atoms with van der Waals surface area (Å²) in [5.41, 5.74) is 4.42. The van der Waals surface area contributed by atoms with Crippen molar-refractivity contribution < 1.29 is 4.52 Å². The molecule has 0 saturated carbocycles. The fourth-order valence-corrected chi connectivity index (χ4v) is 3.80. The first kappa shape index (κ1) is 25.7. The normalized spacial score (nSPS) is 11.4. The number of aliphatic imine (C=N–C) groups is 1. The monoisotopic (exact) mass is 573 g/mol. The summed E-state index contributed by atoms with van der Waals surface area (Å²) in [6, 6.07) is 16.5. The number of benzene rings is 2. The number of nitrogens with one attached hydrogen (secondary N) is 2. The Bertz CT molecular complexity index is 1210. The number of imidazole rings is 1. The van der Waals surface area contributed by atoms with Crippen molar-refractivity contribution in [2.75, 3.05) is 20.1 Å². The van der Waals surface area contributed by atoms with Crippen LogP contribution < -0.4 is 10.6 Å². The first-order valence-electron chi connectivity index (χ1n) is 11.5. The predicted molar refractivity (Wildman–Crippen MR) is 147 cm³/mol. The standard InChI is InChI=1S/C25H31N7O.HI/c1-4-23-30-24(33-31-23)20-12-10-19(11-13-20)14-16-28-25(26-3)27-15-7-17-32-18(2)29-21-8-5-6-9-22(21)32;/h5-6,8-13H,4,7,14-17H2,1-3H3,(H2,26,27,28);1H. The quantitative estimate of drug-likeness (QED) is 0.134. The summed E-state index contributed by atoms with van der Waals surface area (Å²) in [6.45, 7) is 6.62. The Kier molecular flexibility index (Phi) is 9.43. The van der Waals surface area contributed by atoms with Gasteiger partial charge < -0.3 is 19.7 Å². The fraction of sp³-hybridized carbons (Fsp3) is 0.360. The molecule has 0 amide bonds. The van der Waals surface area contributed by atoms with E-state index in [2.05, 4.69) is 72.6 Å². The number of guanidine groups is 1. The molecule has 2 aromatic heterocycles. The Hall–Kier alpha value is -2.95. The van der Waals surface area contributed by atoms with Crippen LogP contribution in [0.15, 0.2) is 58.0 Å². The van der Waals surface area contributed by atoms with Gasteiger partial charge in [-0.3, -0.25) is 4.99 Å². The summed E-state index contributed by atoms with van der Waals surface area (Å²) < 4.78 is 7.58. The second kappa shape index (κ2) is 12.5. The molecular weight excluding hydrogens is 541 g/mol. The Morgan fingerprint density at radius 1 is 1.03 bits per heavy atom. The summed E-state index contributed by atoms with van der Waals surface area (Å²) in [4.78, 5) is 13.3. The van der Waals surface area contributed by atoms with Crippen molar-refractivity contribution in [3.63, 3.8) is 0 Å². The van der Waals surface area contributed by atoms with E-state index in [0.29, 0.717) is 5.89 Å². The van der Waals surface area contributed by atoms with Crippen molar-refractivity contribution in [1.82, 2.24) is 30.3 Å². The van der Waals surface area contributed by atoms with Crippen LogP contribution in [0.3, 0.4) is 0 Å². The van der Waals surface area contributed by atoms with Crippen LogP contribution in [0.25, 0.3) is 22.5 Å². The Labute approximate surface area is 217 Å². The molecule has 0 fully saturated rings. The van der Waals surface area contributed by atoms with Crippen LogP contribution in [0, 0.1) is 6.92 Å². The molecule has 0 spiro atoms. The molecule has 0 aliphatic heterocycles. The summed E-state index contributed by atoms with van der Waals surface area (Å²) in [7, 11) is 1.80. The molecule has 0 unspecified atom stereocenters. The maximum absolute atomic E-state index is 5.30. The molecule has 180 valence electrons. The van der Waals surface area contributed by atoms with Gasteiger partial charge >= 0.3 is 0 Å². The van der Waals surface area contributed by atoms with Gasteiger partial charge in [0.25, 0.3) is 5.89 Å². The molecule has 0 aliphatic rings. The van der Waals surface area contributed by atoms with Gasteiger partial charge in [0.1, 0.15) is 5.82 Å². The largest absolute Gasteiger partial charge is 0.356 e. The molecule has 4 rings (SSSR count). The molecule has 0 bridgehead atoms. The van der Waals surface area contributed by atoms with E-state index in [1.807, 2.05) is 25.1 Å². The molecule has 4 aromatic rings. The summed E-state index contributed by atoms with van der Waals surface area (Å²) >= 11 is 0. The SMILES string of the molecule is CCc1noc(-c2ccc(CCNC(=NC)NCCCn3c(C)nc4ccccc43)cc2)n1.I. The molecule has 34 heavy (non-hydrogen) atoms. The number of rotatable bonds is 9. The summed E-state index contributed by atoms with van der Waals surface area (Å²) in [5.74, 6) is 3.16. The van der Waals surface area contributed by atoms with Crippen molar-refractivity contribution in [1.29, 1.82) is 0 Å². The first-order chi connectivity index (χ1) is 16.2. The summed E-state index contributed by atoms with van der Waals surface area (Å²) in [6.07, 6.45) is 2.65. The highest BCUT2D eigenvalue weighted by Crippen LogP contribution is 2.18. The minimum atomic E-state index is 0. The molecule has 9 heteroatoms. The van der Waals surface area contributed by atoms with E-state index < -0.39 is 0 Å². The predicted octanol–water partition coefficient (Wildman–Crippen LogP) is 4.37. The zero-order valence-corrected chi connectivity index (χ0v) is 22.2. The van der Waals surface area contributed by atoms with Gasteiger partial charge in [-0.25, -0.2) is 4.98 Å². The van der Waals surface area contributed by atoms with E-state index in [0.717, 1.165) is 67.6 Å². The first-order valence-corrected chi connectivity index (χ1v) is 11.5. The van der Waals surface area contributed by atoms with Crippen molar-refractivity contribution in [2.45, 2.75) is 39.7 Å². The lowest BCUT2D eigenvalue weighted by atomic mass is 10.1. The maximum Gasteiger partial charge on any atom is 0.257 e. The van der Waals surface area contributed by atoms with Gasteiger partial charge in [0.15, 0.2) is 11.8 Å². The number of aromatic nitrogens is 4. The second-order valence-electron chi connectivity index (χ2n) is 7.89.